The molecule has 110 valence electrons. The molecule has 0 amide bonds. The molecule has 6 heteroatoms. The van der Waals surface area contributed by atoms with Crippen molar-refractivity contribution in [3.05, 3.63) is 59.3 Å². The first-order chi connectivity index (χ1) is 10.9. The molecule has 3 aromatic heterocycles. The number of nitrogens with zero attached hydrogens (tertiary/aromatic N) is 4. The number of hydrogen-bond acceptors (Lipinski definition) is 5. The first kappa shape index (κ1) is 13.2. The molecule has 22 heavy (non-hydrogen) atoms. The summed E-state index contributed by atoms with van der Waals surface area (Å²) in [4.78, 5) is 0.788. The van der Waals surface area contributed by atoms with Gasteiger partial charge in [-0.25, -0.2) is 0 Å². The van der Waals surface area contributed by atoms with E-state index in [1.165, 1.54) is 5.56 Å². The summed E-state index contributed by atoms with van der Waals surface area (Å²) < 4.78 is 7.18. The van der Waals surface area contributed by atoms with Crippen LogP contribution in [0.4, 0.5) is 0 Å². The minimum Gasteiger partial charge on any atom is -0.461 e. The predicted octanol–water partition coefficient (Wildman–Crippen LogP) is 3.99. The molecule has 0 radical (unpaired) electrons. The first-order valence-corrected chi connectivity index (χ1v) is 7.99. The average Bonchev–Trinajstić information content (AvgIpc) is 3.25. The van der Waals surface area contributed by atoms with Crippen molar-refractivity contribution < 1.29 is 4.42 Å². The van der Waals surface area contributed by atoms with Crippen LogP contribution in [0.3, 0.4) is 0 Å². The van der Waals surface area contributed by atoms with E-state index in [2.05, 4.69) is 41.4 Å². The van der Waals surface area contributed by atoms with Crippen LogP contribution in [0.1, 0.15) is 29.8 Å². The van der Waals surface area contributed by atoms with Crippen molar-refractivity contribution in [1.82, 2.24) is 19.8 Å². The third kappa shape index (κ3) is 2.12. The van der Waals surface area contributed by atoms with Gasteiger partial charge in [0.05, 0.1) is 6.26 Å². The maximum absolute atomic E-state index is 5.41. The van der Waals surface area contributed by atoms with Crippen molar-refractivity contribution in [1.29, 1.82) is 0 Å². The van der Waals surface area contributed by atoms with Crippen LogP contribution in [0.15, 0.2) is 53.1 Å². The summed E-state index contributed by atoms with van der Waals surface area (Å²) in [5.74, 6) is 1.60. The van der Waals surface area contributed by atoms with Crippen LogP contribution in [0.25, 0.3) is 16.5 Å². The number of hydrogen-bond donors (Lipinski definition) is 0. The van der Waals surface area contributed by atoms with Crippen LogP contribution >= 0.6 is 11.3 Å². The summed E-state index contributed by atoms with van der Waals surface area (Å²) in [6, 6.07) is 14.1. The molecule has 0 aliphatic carbocycles. The molecular formula is C16H14N4OS. The maximum atomic E-state index is 5.41. The van der Waals surface area contributed by atoms with Crippen LogP contribution in [0.2, 0.25) is 0 Å². The fraction of sp³-hybridized carbons (Fsp3) is 0.188. The maximum Gasteiger partial charge on any atom is 0.235 e. The molecule has 4 aromatic rings. The Morgan fingerprint density at radius 1 is 1.14 bits per heavy atom. The van der Waals surface area contributed by atoms with Gasteiger partial charge in [-0.05, 0) is 24.1 Å². The van der Waals surface area contributed by atoms with Gasteiger partial charge in [0.25, 0.3) is 0 Å². The van der Waals surface area contributed by atoms with E-state index < -0.39 is 0 Å². The Hall–Kier alpha value is -2.47. The molecule has 0 bridgehead atoms. The third-order valence-electron chi connectivity index (χ3n) is 3.66. The Kier molecular flexibility index (Phi) is 3.23. The van der Waals surface area contributed by atoms with Crippen molar-refractivity contribution in [2.45, 2.75) is 19.3 Å². The van der Waals surface area contributed by atoms with Crippen LogP contribution in [-0.4, -0.2) is 19.8 Å². The van der Waals surface area contributed by atoms with E-state index in [0.717, 1.165) is 16.4 Å². The van der Waals surface area contributed by atoms with Crippen molar-refractivity contribution in [2.24, 2.45) is 0 Å². The third-order valence-corrected chi connectivity index (χ3v) is 4.67. The Balaban J connectivity index is 1.80. The number of furan rings is 1. The predicted molar refractivity (Wildman–Crippen MR) is 84.9 cm³/mol. The Morgan fingerprint density at radius 3 is 2.73 bits per heavy atom. The summed E-state index contributed by atoms with van der Waals surface area (Å²) in [7, 11) is 0. The van der Waals surface area contributed by atoms with Gasteiger partial charge in [-0.3, -0.25) is 0 Å². The average molecular weight is 310 g/mol. The van der Waals surface area contributed by atoms with Crippen molar-refractivity contribution in [3.8, 4) is 11.6 Å². The zero-order valence-corrected chi connectivity index (χ0v) is 12.8. The van der Waals surface area contributed by atoms with Gasteiger partial charge in [0.2, 0.25) is 10.8 Å². The fourth-order valence-corrected chi connectivity index (χ4v) is 3.62. The highest BCUT2D eigenvalue weighted by Crippen LogP contribution is 2.32. The number of benzene rings is 1. The van der Waals surface area contributed by atoms with E-state index in [1.54, 1.807) is 22.1 Å². The highest BCUT2D eigenvalue weighted by atomic mass is 32.1. The van der Waals surface area contributed by atoms with Gasteiger partial charge in [0.1, 0.15) is 5.01 Å². The van der Waals surface area contributed by atoms with Crippen LogP contribution < -0.4 is 0 Å². The monoisotopic (exact) mass is 310 g/mol. The Bertz CT molecular complexity index is 880. The van der Waals surface area contributed by atoms with Gasteiger partial charge in [0, 0.05) is 5.92 Å². The molecular weight excluding hydrogens is 296 g/mol. The summed E-state index contributed by atoms with van der Waals surface area (Å²) in [6.07, 6.45) is 2.62. The van der Waals surface area contributed by atoms with Crippen molar-refractivity contribution in [3.63, 3.8) is 0 Å². The lowest BCUT2D eigenvalue weighted by Gasteiger charge is -2.11. The summed E-state index contributed by atoms with van der Waals surface area (Å²) in [5, 5.41) is 14.2. The van der Waals surface area contributed by atoms with E-state index in [0.29, 0.717) is 11.6 Å². The second kappa shape index (κ2) is 5.38. The molecule has 0 fully saturated rings. The smallest absolute Gasteiger partial charge is 0.235 e. The van der Waals surface area contributed by atoms with Crippen LogP contribution in [0, 0.1) is 0 Å². The van der Waals surface area contributed by atoms with E-state index >= 15 is 0 Å². The van der Waals surface area contributed by atoms with Gasteiger partial charge in [0.15, 0.2) is 5.76 Å². The molecule has 4 rings (SSSR count). The van der Waals surface area contributed by atoms with Gasteiger partial charge in [-0.1, -0.05) is 48.6 Å². The zero-order chi connectivity index (χ0) is 14.9. The molecule has 0 unspecified atom stereocenters. The quantitative estimate of drug-likeness (QED) is 0.572. The molecule has 1 aromatic carbocycles. The number of rotatable bonds is 4. The van der Waals surface area contributed by atoms with E-state index in [9.17, 15) is 0 Å². The van der Waals surface area contributed by atoms with Gasteiger partial charge < -0.3 is 4.42 Å². The van der Waals surface area contributed by atoms with Crippen molar-refractivity contribution >= 4 is 16.3 Å². The first-order valence-electron chi connectivity index (χ1n) is 7.17. The number of aromatic nitrogens is 4. The molecule has 0 spiro atoms. The largest absolute Gasteiger partial charge is 0.461 e. The van der Waals surface area contributed by atoms with E-state index in [-0.39, 0.29) is 5.92 Å². The summed E-state index contributed by atoms with van der Waals surface area (Å²) >= 11 is 1.58. The second-order valence-corrected chi connectivity index (χ2v) is 5.99. The Morgan fingerprint density at radius 2 is 2.00 bits per heavy atom. The fourth-order valence-electron chi connectivity index (χ4n) is 2.57. The molecule has 1 atom stereocenters. The van der Waals surface area contributed by atoms with Crippen molar-refractivity contribution in [2.75, 3.05) is 0 Å². The minimum absolute atomic E-state index is 0.275. The van der Waals surface area contributed by atoms with Gasteiger partial charge in [-0.15, -0.1) is 10.2 Å². The topological polar surface area (TPSA) is 56.2 Å². The second-order valence-electron chi connectivity index (χ2n) is 5.01. The molecule has 0 aliphatic rings. The normalized spacial score (nSPS) is 12.8. The SMILES string of the molecule is CC[C@H](c1ccccc1)c1nn2c(-c3ccco3)nnc2s1. The Labute approximate surface area is 131 Å². The zero-order valence-electron chi connectivity index (χ0n) is 12.0. The summed E-state index contributed by atoms with van der Waals surface area (Å²) in [6.45, 7) is 2.17. The molecule has 0 saturated heterocycles. The van der Waals surface area contributed by atoms with Gasteiger partial charge >= 0.3 is 0 Å². The molecule has 3 heterocycles. The van der Waals surface area contributed by atoms with E-state index in [1.807, 2.05) is 18.2 Å². The molecule has 0 N–H and O–H groups in total. The standard InChI is InChI=1S/C16H14N4OS/c1-2-12(11-7-4-3-5-8-11)15-19-20-14(13-9-6-10-21-13)17-18-16(20)22-15/h3-10,12H,2H2,1H3/t12-/m1/s1. The van der Waals surface area contributed by atoms with E-state index in [4.69, 9.17) is 9.52 Å². The number of fused-ring (bicyclic) bond motifs is 1. The highest BCUT2D eigenvalue weighted by molar-refractivity contribution is 7.16. The lowest BCUT2D eigenvalue weighted by molar-refractivity contribution is 0.574. The minimum atomic E-state index is 0.275. The van der Waals surface area contributed by atoms with Gasteiger partial charge in [-0.2, -0.15) is 9.61 Å². The summed E-state index contributed by atoms with van der Waals surface area (Å²) in [5.41, 5.74) is 1.27. The lowest BCUT2D eigenvalue weighted by atomic mass is 9.97. The lowest BCUT2D eigenvalue weighted by Crippen LogP contribution is -2.00. The molecule has 5 nitrogen and oxygen atoms in total. The molecule has 0 saturated carbocycles. The molecule has 0 aliphatic heterocycles. The highest BCUT2D eigenvalue weighted by Gasteiger charge is 2.20. The van der Waals surface area contributed by atoms with Crippen LogP contribution in [0.5, 0.6) is 0 Å². The van der Waals surface area contributed by atoms with Crippen LogP contribution in [-0.2, 0) is 0 Å².